The van der Waals surface area contributed by atoms with E-state index in [0.717, 1.165) is 5.56 Å². The second-order valence-corrected chi connectivity index (χ2v) is 24.4. The van der Waals surface area contributed by atoms with Crippen molar-refractivity contribution < 1.29 is 72.5 Å². The number of primary amides is 1. The lowest BCUT2D eigenvalue weighted by atomic mass is 9.95. The molecule has 101 heavy (non-hydrogen) atoms. The number of aliphatic imine (C=N–C) groups is 2. The predicted octanol–water partition coefficient (Wildman–Crippen LogP) is -8.30. The molecule has 0 radical (unpaired) electrons. The average molecular weight is 1420 g/mol. The number of carbonyl (C=O) groups excluding carboxylic acids is 13. The van der Waals surface area contributed by atoms with Crippen molar-refractivity contribution in [3.05, 3.63) is 71.8 Å². The minimum absolute atomic E-state index is 0.0154. The Morgan fingerprint density at radius 3 is 1.41 bits per heavy atom. The van der Waals surface area contributed by atoms with Gasteiger partial charge in [0.1, 0.15) is 53.9 Å². The predicted molar refractivity (Wildman–Crippen MR) is 371 cm³/mol. The normalized spacial score (nSPS) is 15.1. The van der Waals surface area contributed by atoms with Crippen molar-refractivity contribution in [1.29, 1.82) is 0 Å². The molecular formula is C64H104N22O15. The summed E-state index contributed by atoms with van der Waals surface area (Å²) < 4.78 is 0. The Labute approximate surface area is 585 Å². The number of aliphatic hydroxyl groups excluding tert-OH is 2. The van der Waals surface area contributed by atoms with E-state index in [1.807, 2.05) is 6.07 Å². The van der Waals surface area contributed by atoms with Crippen LogP contribution in [-0.2, 0) is 75.2 Å². The van der Waals surface area contributed by atoms with Gasteiger partial charge < -0.3 is 120 Å². The molecule has 0 saturated heterocycles. The first-order valence-corrected chi connectivity index (χ1v) is 33.5. The van der Waals surface area contributed by atoms with Crippen molar-refractivity contribution >= 4 is 88.7 Å². The van der Waals surface area contributed by atoms with Crippen LogP contribution in [0.15, 0.2) is 70.6 Å². The molecule has 2 aromatic rings. The molecule has 0 spiro atoms. The molecule has 560 valence electrons. The number of guanidine groups is 2. The highest BCUT2D eigenvalue weighted by Gasteiger charge is 2.44. The number of nitrogens with two attached hydrogens (primary N) is 8. The van der Waals surface area contributed by atoms with Crippen LogP contribution < -0.4 is 110 Å². The lowest BCUT2D eigenvalue weighted by Gasteiger charge is -2.32. The fourth-order valence-corrected chi connectivity index (χ4v) is 10.5. The first kappa shape index (κ1) is 85.1. The monoisotopic (exact) mass is 1420 g/mol. The van der Waals surface area contributed by atoms with Gasteiger partial charge in [0.2, 0.25) is 76.8 Å². The summed E-state index contributed by atoms with van der Waals surface area (Å²) in [5.74, 6) is -11.8. The molecule has 10 atom stereocenters. The molecule has 0 bridgehead atoms. The smallest absolute Gasteiger partial charge is 0.246 e. The highest BCUT2D eigenvalue weighted by atomic mass is 16.3. The average Bonchev–Trinajstić information content (AvgIpc) is 1.74. The van der Waals surface area contributed by atoms with Gasteiger partial charge in [-0.05, 0) is 122 Å². The van der Waals surface area contributed by atoms with Gasteiger partial charge in [-0.25, -0.2) is 0 Å². The van der Waals surface area contributed by atoms with Gasteiger partial charge in [0.05, 0.1) is 38.4 Å². The topological polar surface area (TPSA) is 640 Å². The zero-order valence-corrected chi connectivity index (χ0v) is 57.2. The van der Waals surface area contributed by atoms with Gasteiger partial charge in [0.25, 0.3) is 0 Å². The number of nitrogens with zero attached hydrogens (tertiary/aromatic N) is 2. The lowest BCUT2D eigenvalue weighted by Crippen LogP contribution is -2.63. The molecule has 0 aromatic heterocycles. The van der Waals surface area contributed by atoms with Crippen molar-refractivity contribution in [3.63, 3.8) is 0 Å². The van der Waals surface area contributed by atoms with E-state index in [0.29, 0.717) is 44.2 Å². The van der Waals surface area contributed by atoms with Crippen molar-refractivity contribution in [3.8, 4) is 0 Å². The first-order valence-electron chi connectivity index (χ1n) is 33.5. The van der Waals surface area contributed by atoms with Crippen molar-refractivity contribution in [2.24, 2.45) is 55.9 Å². The van der Waals surface area contributed by atoms with Gasteiger partial charge in [-0.1, -0.05) is 73.5 Å². The molecule has 1 saturated carbocycles. The van der Waals surface area contributed by atoms with Crippen molar-refractivity contribution in [2.75, 3.05) is 52.4 Å². The van der Waals surface area contributed by atoms with E-state index < -0.39 is 169 Å². The number of unbranched alkanes of at least 4 members (excludes halogenated alkanes) is 2. The summed E-state index contributed by atoms with van der Waals surface area (Å²) in [7, 11) is 0. The van der Waals surface area contributed by atoms with Crippen LogP contribution in [0.1, 0.15) is 115 Å². The third-order valence-electron chi connectivity index (χ3n) is 16.1. The summed E-state index contributed by atoms with van der Waals surface area (Å²) in [4.78, 5) is 184. The van der Waals surface area contributed by atoms with E-state index in [2.05, 4.69) is 73.8 Å². The summed E-state index contributed by atoms with van der Waals surface area (Å²) in [6, 6.07) is 4.93. The zero-order valence-electron chi connectivity index (χ0n) is 57.2. The molecule has 1 aliphatic carbocycles. The Bertz CT molecular complexity index is 3110. The molecule has 13 amide bonds. The summed E-state index contributed by atoms with van der Waals surface area (Å²) in [5, 5.41) is 51.1. The second-order valence-electron chi connectivity index (χ2n) is 24.4. The van der Waals surface area contributed by atoms with E-state index in [4.69, 9.17) is 45.9 Å². The first-order chi connectivity index (χ1) is 48.0. The lowest BCUT2D eigenvalue weighted by molar-refractivity contribution is -0.138. The van der Waals surface area contributed by atoms with Gasteiger partial charge in [0, 0.05) is 19.5 Å². The Balaban J connectivity index is 1.74. The molecule has 37 nitrogen and oxygen atoms in total. The molecule has 2 aromatic carbocycles. The number of rotatable bonds is 47. The fraction of sp³-hybridized carbons (Fsp3) is 0.578. The molecular weight excluding hydrogens is 1320 g/mol. The number of amides is 13. The third-order valence-corrected chi connectivity index (χ3v) is 16.1. The Morgan fingerprint density at radius 1 is 0.465 bits per heavy atom. The molecule has 1 aliphatic rings. The van der Waals surface area contributed by atoms with Crippen LogP contribution in [0.25, 0.3) is 0 Å². The highest BCUT2D eigenvalue weighted by Crippen LogP contribution is 2.30. The number of benzene rings is 2. The van der Waals surface area contributed by atoms with E-state index in [9.17, 15) is 72.5 Å². The van der Waals surface area contributed by atoms with Crippen molar-refractivity contribution in [1.82, 2.24) is 63.8 Å². The minimum Gasteiger partial charge on any atom is -0.394 e. The molecule has 3 rings (SSSR count). The summed E-state index contributed by atoms with van der Waals surface area (Å²) in [6.07, 6.45) is 1.28. The maximum Gasteiger partial charge on any atom is 0.246 e. The second kappa shape index (κ2) is 45.5. The maximum atomic E-state index is 14.5. The molecule has 0 unspecified atom stereocenters. The van der Waals surface area contributed by atoms with Gasteiger partial charge in [0.15, 0.2) is 11.9 Å². The fourth-order valence-electron chi connectivity index (χ4n) is 10.5. The number of hydrogen-bond donors (Lipinski definition) is 22. The molecule has 0 aliphatic heterocycles. The molecule has 37 heteroatoms. The van der Waals surface area contributed by atoms with Gasteiger partial charge in [-0.2, -0.15) is 0 Å². The molecule has 0 heterocycles. The quantitative estimate of drug-likeness (QED) is 0.0166. The van der Waals surface area contributed by atoms with Crippen LogP contribution in [0, 0.1) is 0 Å². The van der Waals surface area contributed by atoms with Crippen LogP contribution in [0.5, 0.6) is 0 Å². The number of nitrogens with one attached hydrogen (secondary N) is 12. The zero-order chi connectivity index (χ0) is 75.0. The van der Waals surface area contributed by atoms with Gasteiger partial charge in [-0.3, -0.25) is 72.3 Å². The number of carbonyl (C=O) groups is 13. The number of aliphatic hydroxyl groups is 2. The SMILES string of the molecule is C[C@H](NC(=O)[C@H](CO)NC(=O)[C@H](CCCCN)NC(=O)[C@H](CCCN=C(N)N)NC(=O)C1(NC(=O)CNC(=O)[C@@H](NC(=O)[C@H](Cc2ccccc2)NC(=O)CNC(=O)CNC(=O)[C@@H](N)Cc2ccccc2)[C@@H](C)O)CCCC1)C(=O)N[C@@H](CCCN=C(N)N)C(=O)N[C@@H](CCCCN)C(N)=O. The van der Waals surface area contributed by atoms with Gasteiger partial charge in [-0.15, -0.1) is 0 Å². The largest absolute Gasteiger partial charge is 0.394 e. The van der Waals surface area contributed by atoms with E-state index in [-0.39, 0.29) is 102 Å². The van der Waals surface area contributed by atoms with Crippen LogP contribution in [0.2, 0.25) is 0 Å². The maximum absolute atomic E-state index is 14.5. The number of hydrogen-bond acceptors (Lipinski definition) is 20. The summed E-state index contributed by atoms with van der Waals surface area (Å²) in [6.45, 7) is 0.0610. The Hall–Kier alpha value is -10.1. The summed E-state index contributed by atoms with van der Waals surface area (Å²) >= 11 is 0. The van der Waals surface area contributed by atoms with Crippen molar-refractivity contribution in [2.45, 2.75) is 183 Å². The van der Waals surface area contributed by atoms with E-state index >= 15 is 0 Å². The van der Waals surface area contributed by atoms with Gasteiger partial charge >= 0.3 is 0 Å². The van der Waals surface area contributed by atoms with Crippen LogP contribution in [0.3, 0.4) is 0 Å². The van der Waals surface area contributed by atoms with E-state index in [1.165, 1.54) is 13.8 Å². The third kappa shape index (κ3) is 32.2. The van der Waals surface area contributed by atoms with E-state index in [1.54, 1.807) is 54.6 Å². The van der Waals surface area contributed by atoms with Crippen LogP contribution in [-0.4, -0.2) is 217 Å². The van der Waals surface area contributed by atoms with Crippen LogP contribution in [0.4, 0.5) is 0 Å². The Kier molecular flexibility index (Phi) is 38.4. The Morgan fingerprint density at radius 2 is 0.901 bits per heavy atom. The molecule has 30 N–H and O–H groups in total. The van der Waals surface area contributed by atoms with Crippen LogP contribution >= 0.6 is 0 Å². The standard InChI is InChI=1S/C64H104N22O15/c1-37(53(93)81-44(23-15-29-73-62(69)70)55(95)80-42(52(68)92)21-9-13-27-65)78-59(99)47(36-87)83-56(96)43(22-10-14-28-66)82-57(97)45(24-16-30-74-63(71)72)84-61(101)64(25-11-12-26-64)86-50(91)35-77-60(100)51(38(2)88)85-58(98)46(32-40-19-7-4-8-20-40)79-49(90)34-75-48(89)33-76-54(94)41(67)31-39-17-5-3-6-18-39/h3-8,17-20,37-38,41-47,51,87-88H,9-16,21-36,65-67H2,1-2H3,(H2,68,92)(H,75,89)(H,76,94)(H,77,100)(H,78,99)(H,79,90)(H,80,95)(H,81,93)(H,82,97)(H,83,96)(H,84,101)(H,85,98)(H,86,91)(H4,69,70,73)(H4,71,72,74)/t37-,38+,41-,42-,43-,44-,45-,46-,47-,51-/m0/s1. The highest BCUT2D eigenvalue weighted by molar-refractivity contribution is 6.00. The minimum atomic E-state index is -1.73. The summed E-state index contributed by atoms with van der Waals surface area (Å²) in [5.41, 5.74) is 44.6. The molecule has 1 fully saturated rings.